The zero-order chi connectivity index (χ0) is 10.9. The average molecular weight is 205 g/mol. The summed E-state index contributed by atoms with van der Waals surface area (Å²) in [6, 6.07) is 9.70. The number of hydrogen-bond acceptors (Lipinski definition) is 2. The maximum absolute atomic E-state index is 11.2. The van der Waals surface area contributed by atoms with Crippen LogP contribution in [0.1, 0.15) is 24.4 Å². The molecule has 1 unspecified atom stereocenters. The number of carbonyl (C=O) groups is 1. The predicted molar refractivity (Wildman–Crippen MR) is 57.5 cm³/mol. The first-order valence-corrected chi connectivity index (χ1v) is 5.16. The van der Waals surface area contributed by atoms with E-state index in [2.05, 4.69) is 5.32 Å². The highest BCUT2D eigenvalue weighted by atomic mass is 16.4. The minimum Gasteiger partial charge on any atom is -0.481 e. The van der Waals surface area contributed by atoms with Crippen LogP contribution in [-0.2, 0) is 4.79 Å². The molecule has 15 heavy (non-hydrogen) atoms. The first-order valence-electron chi connectivity index (χ1n) is 5.16. The molecule has 0 spiro atoms. The second-order valence-corrected chi connectivity index (χ2v) is 4.09. The van der Waals surface area contributed by atoms with Gasteiger partial charge in [0.15, 0.2) is 0 Å². The average Bonchev–Trinajstić information content (AvgIpc) is 3.02. The van der Waals surface area contributed by atoms with E-state index in [0.29, 0.717) is 0 Å². The Labute approximate surface area is 89.1 Å². The van der Waals surface area contributed by atoms with Gasteiger partial charge in [-0.1, -0.05) is 30.3 Å². The van der Waals surface area contributed by atoms with Crippen molar-refractivity contribution in [2.45, 2.75) is 18.9 Å². The molecule has 1 aromatic rings. The van der Waals surface area contributed by atoms with Gasteiger partial charge < -0.3 is 10.4 Å². The van der Waals surface area contributed by atoms with Crippen LogP contribution >= 0.6 is 0 Å². The van der Waals surface area contributed by atoms with Crippen molar-refractivity contribution in [1.82, 2.24) is 5.32 Å². The lowest BCUT2D eigenvalue weighted by molar-refractivity contribution is -0.144. The van der Waals surface area contributed by atoms with Crippen LogP contribution in [0, 0.1) is 5.41 Å². The van der Waals surface area contributed by atoms with Gasteiger partial charge in [0.25, 0.3) is 0 Å². The summed E-state index contributed by atoms with van der Waals surface area (Å²) in [5.41, 5.74) is 0.482. The topological polar surface area (TPSA) is 49.3 Å². The minimum atomic E-state index is -0.689. The molecule has 3 nitrogen and oxygen atoms in total. The first kappa shape index (κ1) is 10.2. The predicted octanol–water partition coefficient (Wildman–Crippen LogP) is 1.81. The fourth-order valence-corrected chi connectivity index (χ4v) is 2.17. The van der Waals surface area contributed by atoms with E-state index in [9.17, 15) is 9.90 Å². The van der Waals surface area contributed by atoms with Crippen molar-refractivity contribution in [1.29, 1.82) is 0 Å². The third-order valence-corrected chi connectivity index (χ3v) is 3.19. The van der Waals surface area contributed by atoms with Crippen LogP contribution in [-0.4, -0.2) is 18.1 Å². The third-order valence-electron chi connectivity index (χ3n) is 3.19. The Kier molecular flexibility index (Phi) is 2.49. The number of carboxylic acid groups (broad SMARTS) is 1. The standard InChI is InChI=1S/C12H15NO2/c1-13-10(9-5-3-2-4-6-9)12(7-8-12)11(14)15/h2-6,10,13H,7-8H2,1H3,(H,14,15). The molecule has 1 aliphatic rings. The number of carboxylic acids is 1. The summed E-state index contributed by atoms with van der Waals surface area (Å²) in [7, 11) is 1.82. The quantitative estimate of drug-likeness (QED) is 0.788. The molecule has 2 N–H and O–H groups in total. The number of nitrogens with one attached hydrogen (secondary N) is 1. The molecular formula is C12H15NO2. The minimum absolute atomic E-state index is 0.0730. The van der Waals surface area contributed by atoms with E-state index < -0.39 is 11.4 Å². The Bertz CT molecular complexity index is 357. The van der Waals surface area contributed by atoms with Gasteiger partial charge in [0.2, 0.25) is 0 Å². The van der Waals surface area contributed by atoms with Crippen LogP contribution in [0.4, 0.5) is 0 Å². The number of benzene rings is 1. The van der Waals surface area contributed by atoms with Gasteiger partial charge in [0.1, 0.15) is 0 Å². The zero-order valence-electron chi connectivity index (χ0n) is 8.73. The number of hydrogen-bond donors (Lipinski definition) is 2. The highest BCUT2D eigenvalue weighted by Crippen LogP contribution is 2.54. The van der Waals surface area contributed by atoms with E-state index >= 15 is 0 Å². The van der Waals surface area contributed by atoms with Gasteiger partial charge in [-0.3, -0.25) is 4.79 Å². The molecule has 1 saturated carbocycles. The molecule has 80 valence electrons. The lowest BCUT2D eigenvalue weighted by atomic mass is 9.90. The second kappa shape index (κ2) is 3.66. The maximum Gasteiger partial charge on any atom is 0.311 e. The van der Waals surface area contributed by atoms with Gasteiger partial charge in [-0.15, -0.1) is 0 Å². The molecule has 0 heterocycles. The largest absolute Gasteiger partial charge is 0.481 e. The van der Waals surface area contributed by atoms with Crippen LogP contribution in [0.3, 0.4) is 0 Å². The van der Waals surface area contributed by atoms with Crippen molar-refractivity contribution >= 4 is 5.97 Å². The molecule has 1 aliphatic carbocycles. The normalized spacial score (nSPS) is 19.5. The first-order chi connectivity index (χ1) is 7.20. The van der Waals surface area contributed by atoms with E-state index in [4.69, 9.17) is 0 Å². The van der Waals surface area contributed by atoms with Crippen molar-refractivity contribution in [2.75, 3.05) is 7.05 Å². The van der Waals surface area contributed by atoms with Gasteiger partial charge in [-0.25, -0.2) is 0 Å². The van der Waals surface area contributed by atoms with E-state index in [1.165, 1.54) is 0 Å². The fourth-order valence-electron chi connectivity index (χ4n) is 2.17. The summed E-state index contributed by atoms with van der Waals surface area (Å²) < 4.78 is 0. The van der Waals surface area contributed by atoms with E-state index in [1.807, 2.05) is 37.4 Å². The fraction of sp³-hybridized carbons (Fsp3) is 0.417. The van der Waals surface area contributed by atoms with Gasteiger partial charge in [-0.2, -0.15) is 0 Å². The van der Waals surface area contributed by atoms with Crippen molar-refractivity contribution in [3.8, 4) is 0 Å². The molecule has 2 rings (SSSR count). The summed E-state index contributed by atoms with van der Waals surface area (Å²) in [6.07, 6.45) is 1.53. The van der Waals surface area contributed by atoms with Crippen LogP contribution < -0.4 is 5.32 Å². The molecule has 0 aromatic heterocycles. The molecule has 1 fully saturated rings. The molecule has 0 amide bonds. The van der Waals surface area contributed by atoms with E-state index in [1.54, 1.807) is 0 Å². The van der Waals surface area contributed by atoms with Gasteiger partial charge in [-0.05, 0) is 25.5 Å². The number of aliphatic carboxylic acids is 1. The summed E-state index contributed by atoms with van der Waals surface area (Å²) in [6.45, 7) is 0. The monoisotopic (exact) mass is 205 g/mol. The zero-order valence-corrected chi connectivity index (χ0v) is 8.73. The molecule has 3 heteroatoms. The van der Waals surface area contributed by atoms with E-state index in [0.717, 1.165) is 18.4 Å². The van der Waals surface area contributed by atoms with Crippen molar-refractivity contribution in [3.63, 3.8) is 0 Å². The van der Waals surface area contributed by atoms with Crippen molar-refractivity contribution < 1.29 is 9.90 Å². The van der Waals surface area contributed by atoms with Crippen LogP contribution in [0.25, 0.3) is 0 Å². The Morgan fingerprint density at radius 3 is 2.40 bits per heavy atom. The Balaban J connectivity index is 2.30. The number of rotatable bonds is 4. The van der Waals surface area contributed by atoms with E-state index in [-0.39, 0.29) is 6.04 Å². The van der Waals surface area contributed by atoms with Crippen LogP contribution in [0.15, 0.2) is 30.3 Å². The molecule has 1 aromatic carbocycles. The van der Waals surface area contributed by atoms with Crippen molar-refractivity contribution in [2.24, 2.45) is 5.41 Å². The highest BCUT2D eigenvalue weighted by Gasteiger charge is 2.56. The van der Waals surface area contributed by atoms with Crippen LogP contribution in [0.5, 0.6) is 0 Å². The summed E-state index contributed by atoms with van der Waals surface area (Å²) in [4.78, 5) is 11.2. The second-order valence-electron chi connectivity index (χ2n) is 4.09. The SMILES string of the molecule is CNC(c1ccccc1)C1(C(=O)O)CC1. The highest BCUT2D eigenvalue weighted by molar-refractivity contribution is 5.79. The molecule has 1 atom stereocenters. The Hall–Kier alpha value is -1.35. The summed E-state index contributed by atoms with van der Waals surface area (Å²) in [5, 5.41) is 12.3. The van der Waals surface area contributed by atoms with Gasteiger partial charge in [0.05, 0.1) is 5.41 Å². The molecule has 0 aliphatic heterocycles. The Morgan fingerprint density at radius 2 is 2.00 bits per heavy atom. The summed E-state index contributed by atoms with van der Waals surface area (Å²) >= 11 is 0. The molecule has 0 bridgehead atoms. The van der Waals surface area contributed by atoms with Gasteiger partial charge >= 0.3 is 5.97 Å². The third kappa shape index (κ3) is 1.63. The molecule has 0 radical (unpaired) electrons. The Morgan fingerprint density at radius 1 is 1.40 bits per heavy atom. The lowest BCUT2D eigenvalue weighted by Gasteiger charge is -2.23. The molecular weight excluding hydrogens is 190 g/mol. The van der Waals surface area contributed by atoms with Gasteiger partial charge in [0, 0.05) is 6.04 Å². The smallest absolute Gasteiger partial charge is 0.311 e. The summed E-state index contributed by atoms with van der Waals surface area (Å²) in [5.74, 6) is -0.689. The van der Waals surface area contributed by atoms with Crippen molar-refractivity contribution in [3.05, 3.63) is 35.9 Å². The van der Waals surface area contributed by atoms with Crippen LogP contribution in [0.2, 0.25) is 0 Å². The molecule has 0 saturated heterocycles. The lowest BCUT2D eigenvalue weighted by Crippen LogP contribution is -2.32. The maximum atomic E-state index is 11.2.